The minimum absolute atomic E-state index is 0.319. The molecule has 2 heterocycles. The molecule has 1 aliphatic rings. The maximum atomic E-state index is 10.1. The average molecular weight is 321 g/mol. The van der Waals surface area contributed by atoms with Gasteiger partial charge in [-0.25, -0.2) is 4.98 Å². The maximum absolute atomic E-state index is 10.1. The van der Waals surface area contributed by atoms with Crippen molar-refractivity contribution in [3.05, 3.63) is 45.3 Å². The van der Waals surface area contributed by atoms with Crippen LogP contribution in [0.2, 0.25) is 0 Å². The summed E-state index contributed by atoms with van der Waals surface area (Å²) in [7, 11) is 0. The predicted octanol–water partition coefficient (Wildman–Crippen LogP) is 3.62. The van der Waals surface area contributed by atoms with Gasteiger partial charge in [-0.1, -0.05) is 0 Å². The monoisotopic (exact) mass is 320 g/mol. The highest BCUT2D eigenvalue weighted by Gasteiger charge is 2.24. The lowest BCUT2D eigenvalue weighted by Crippen LogP contribution is -2.12. The number of hydrogen-bond donors (Lipinski definition) is 1. The molecule has 19 heavy (non-hydrogen) atoms. The first kappa shape index (κ1) is 12.9. The highest BCUT2D eigenvalue weighted by atomic mass is 79.9. The molecule has 2 aromatic heterocycles. The lowest BCUT2D eigenvalue weighted by atomic mass is 9.95. The van der Waals surface area contributed by atoms with Gasteiger partial charge < -0.3 is 9.67 Å². The SMILES string of the molecule is Cc1cc(-n2c(C)cc3c2CCCC3O)ncc1Br. The minimum Gasteiger partial charge on any atom is -0.388 e. The average Bonchev–Trinajstić information content (AvgIpc) is 2.71. The topological polar surface area (TPSA) is 38.0 Å². The number of aliphatic hydroxyl groups excluding tert-OH is 1. The Balaban J connectivity index is 2.17. The van der Waals surface area contributed by atoms with Crippen LogP contribution in [-0.4, -0.2) is 14.7 Å². The molecule has 0 bridgehead atoms. The van der Waals surface area contributed by atoms with Crippen molar-refractivity contribution in [3.63, 3.8) is 0 Å². The van der Waals surface area contributed by atoms with E-state index in [1.807, 2.05) is 6.20 Å². The second-order valence-corrected chi connectivity index (χ2v) is 6.08. The summed E-state index contributed by atoms with van der Waals surface area (Å²) in [5.41, 5.74) is 4.60. The lowest BCUT2D eigenvalue weighted by Gasteiger charge is -2.20. The molecule has 0 saturated carbocycles. The van der Waals surface area contributed by atoms with Gasteiger partial charge in [0.1, 0.15) is 5.82 Å². The number of aromatic nitrogens is 2. The molecule has 0 saturated heterocycles. The van der Waals surface area contributed by atoms with Crippen molar-refractivity contribution in [2.75, 3.05) is 0 Å². The van der Waals surface area contributed by atoms with Gasteiger partial charge >= 0.3 is 0 Å². The van der Waals surface area contributed by atoms with Gasteiger partial charge in [-0.2, -0.15) is 0 Å². The standard InChI is InChI=1S/C15H17BrN2O/c1-9-6-15(17-8-12(9)16)18-10(2)7-11-13(18)4-3-5-14(11)19/h6-8,14,19H,3-5H2,1-2H3. The zero-order valence-corrected chi connectivity index (χ0v) is 12.7. The summed E-state index contributed by atoms with van der Waals surface area (Å²) in [5, 5.41) is 10.1. The summed E-state index contributed by atoms with van der Waals surface area (Å²) in [6.45, 7) is 4.14. The van der Waals surface area contributed by atoms with E-state index in [-0.39, 0.29) is 6.10 Å². The van der Waals surface area contributed by atoms with E-state index in [2.05, 4.69) is 51.5 Å². The van der Waals surface area contributed by atoms with Crippen LogP contribution < -0.4 is 0 Å². The van der Waals surface area contributed by atoms with Crippen LogP contribution in [0, 0.1) is 13.8 Å². The van der Waals surface area contributed by atoms with E-state index in [1.165, 1.54) is 11.3 Å². The first-order valence-electron chi connectivity index (χ1n) is 6.59. The highest BCUT2D eigenvalue weighted by molar-refractivity contribution is 9.10. The molecule has 0 fully saturated rings. The van der Waals surface area contributed by atoms with E-state index < -0.39 is 0 Å². The first-order chi connectivity index (χ1) is 9.08. The third-order valence-corrected chi connectivity index (χ3v) is 4.66. The lowest BCUT2D eigenvalue weighted by molar-refractivity contribution is 0.156. The van der Waals surface area contributed by atoms with E-state index in [0.717, 1.165) is 40.8 Å². The fourth-order valence-electron chi connectivity index (χ4n) is 2.84. The van der Waals surface area contributed by atoms with Gasteiger partial charge in [0, 0.05) is 27.6 Å². The van der Waals surface area contributed by atoms with Gasteiger partial charge in [-0.3, -0.25) is 0 Å². The molecule has 3 rings (SSSR count). The zero-order chi connectivity index (χ0) is 13.6. The number of fused-ring (bicyclic) bond motifs is 1. The molecule has 0 aromatic carbocycles. The Kier molecular flexibility index (Phi) is 3.23. The number of hydrogen-bond acceptors (Lipinski definition) is 2. The van der Waals surface area contributed by atoms with E-state index in [9.17, 15) is 5.11 Å². The summed E-state index contributed by atoms with van der Waals surface area (Å²) in [5.74, 6) is 0.938. The van der Waals surface area contributed by atoms with Crippen molar-refractivity contribution >= 4 is 15.9 Å². The molecular weight excluding hydrogens is 304 g/mol. The fraction of sp³-hybridized carbons (Fsp3) is 0.400. The molecule has 2 aromatic rings. The van der Waals surface area contributed by atoms with Gasteiger partial charge in [0.25, 0.3) is 0 Å². The van der Waals surface area contributed by atoms with Crippen LogP contribution in [0.3, 0.4) is 0 Å². The quantitative estimate of drug-likeness (QED) is 0.871. The van der Waals surface area contributed by atoms with E-state index in [4.69, 9.17) is 0 Å². The Bertz CT molecular complexity index is 633. The van der Waals surface area contributed by atoms with Crippen LogP contribution >= 0.6 is 15.9 Å². The van der Waals surface area contributed by atoms with Crippen molar-refractivity contribution in [1.82, 2.24) is 9.55 Å². The molecule has 4 heteroatoms. The maximum Gasteiger partial charge on any atom is 0.137 e. The molecule has 1 aliphatic carbocycles. The van der Waals surface area contributed by atoms with E-state index in [1.54, 1.807) is 0 Å². The van der Waals surface area contributed by atoms with Crippen LogP contribution in [0.25, 0.3) is 5.82 Å². The summed E-state index contributed by atoms with van der Waals surface area (Å²) >= 11 is 3.48. The smallest absolute Gasteiger partial charge is 0.137 e. The van der Waals surface area contributed by atoms with Crippen molar-refractivity contribution in [1.29, 1.82) is 0 Å². The molecule has 1 unspecified atom stereocenters. The molecule has 1 N–H and O–H groups in total. The van der Waals surface area contributed by atoms with Crippen molar-refractivity contribution in [2.24, 2.45) is 0 Å². The number of aryl methyl sites for hydroxylation is 2. The van der Waals surface area contributed by atoms with Crippen molar-refractivity contribution in [2.45, 2.75) is 39.2 Å². The molecule has 0 aliphatic heterocycles. The number of aliphatic hydroxyl groups is 1. The molecule has 0 spiro atoms. The van der Waals surface area contributed by atoms with Gasteiger partial charge in [-0.05, 0) is 66.7 Å². The van der Waals surface area contributed by atoms with Crippen LogP contribution in [0.4, 0.5) is 0 Å². The van der Waals surface area contributed by atoms with Crippen LogP contribution in [0.15, 0.2) is 22.8 Å². The number of pyridine rings is 1. The molecule has 0 radical (unpaired) electrons. The normalized spacial score (nSPS) is 18.4. The Labute approximate surface area is 121 Å². The minimum atomic E-state index is -0.319. The molecule has 1 atom stereocenters. The molecular formula is C15H17BrN2O. The molecule has 100 valence electrons. The van der Waals surface area contributed by atoms with E-state index >= 15 is 0 Å². The number of halogens is 1. The second kappa shape index (κ2) is 4.76. The first-order valence-corrected chi connectivity index (χ1v) is 7.39. The van der Waals surface area contributed by atoms with Gasteiger partial charge in [0.2, 0.25) is 0 Å². The van der Waals surface area contributed by atoms with Crippen LogP contribution in [-0.2, 0) is 6.42 Å². The largest absolute Gasteiger partial charge is 0.388 e. The van der Waals surface area contributed by atoms with Crippen LogP contribution in [0.1, 0.15) is 41.5 Å². The summed E-state index contributed by atoms with van der Waals surface area (Å²) in [4.78, 5) is 4.51. The molecule has 3 nitrogen and oxygen atoms in total. The van der Waals surface area contributed by atoms with Gasteiger partial charge in [-0.15, -0.1) is 0 Å². The predicted molar refractivity (Wildman–Crippen MR) is 78.6 cm³/mol. The highest BCUT2D eigenvalue weighted by Crippen LogP contribution is 2.33. The summed E-state index contributed by atoms with van der Waals surface area (Å²) in [6.07, 6.45) is 4.43. The van der Waals surface area contributed by atoms with E-state index in [0.29, 0.717) is 0 Å². The van der Waals surface area contributed by atoms with Crippen LogP contribution in [0.5, 0.6) is 0 Å². The fourth-order valence-corrected chi connectivity index (χ4v) is 3.06. The zero-order valence-electron chi connectivity index (χ0n) is 11.2. The Morgan fingerprint density at radius 3 is 2.89 bits per heavy atom. The second-order valence-electron chi connectivity index (χ2n) is 5.22. The Hall–Kier alpha value is -1.13. The van der Waals surface area contributed by atoms with Crippen molar-refractivity contribution in [3.8, 4) is 5.82 Å². The van der Waals surface area contributed by atoms with Gasteiger partial charge in [0.05, 0.1) is 6.10 Å². The third-order valence-electron chi connectivity index (χ3n) is 3.83. The summed E-state index contributed by atoms with van der Waals surface area (Å²) < 4.78 is 3.20. The number of rotatable bonds is 1. The number of nitrogens with zero attached hydrogens (tertiary/aromatic N) is 2. The summed E-state index contributed by atoms with van der Waals surface area (Å²) in [6, 6.07) is 4.18. The third kappa shape index (κ3) is 2.13. The van der Waals surface area contributed by atoms with Gasteiger partial charge in [0.15, 0.2) is 0 Å². The Morgan fingerprint density at radius 1 is 1.37 bits per heavy atom. The van der Waals surface area contributed by atoms with Crippen molar-refractivity contribution < 1.29 is 5.11 Å². The molecule has 0 amide bonds. The Morgan fingerprint density at radius 2 is 2.16 bits per heavy atom.